The van der Waals surface area contributed by atoms with Gasteiger partial charge in [-0.05, 0) is 54.8 Å². The Morgan fingerprint density at radius 1 is 1.03 bits per heavy atom. The second-order valence-electron chi connectivity index (χ2n) is 7.97. The van der Waals surface area contributed by atoms with Gasteiger partial charge in [-0.3, -0.25) is 9.69 Å². The van der Waals surface area contributed by atoms with Gasteiger partial charge in [0.05, 0.1) is 11.1 Å². The summed E-state index contributed by atoms with van der Waals surface area (Å²) in [5.74, 6) is 1.67. The molecule has 31 heavy (non-hydrogen) atoms. The van der Waals surface area contributed by atoms with Crippen molar-refractivity contribution in [1.29, 1.82) is 0 Å². The molecule has 0 radical (unpaired) electrons. The van der Waals surface area contributed by atoms with Gasteiger partial charge in [0.1, 0.15) is 18.2 Å². The molecule has 0 atom stereocenters. The van der Waals surface area contributed by atoms with Crippen LogP contribution < -0.4 is 9.47 Å². The van der Waals surface area contributed by atoms with Crippen LogP contribution in [0.4, 0.5) is 0 Å². The van der Waals surface area contributed by atoms with Gasteiger partial charge in [-0.2, -0.15) is 0 Å². The smallest absolute Gasteiger partial charge is 0.231 e. The summed E-state index contributed by atoms with van der Waals surface area (Å²) in [5, 5.41) is 0.742. The highest BCUT2D eigenvalue weighted by Crippen LogP contribution is 2.42. The molecule has 2 aliphatic rings. The molecule has 156 valence electrons. The lowest BCUT2D eigenvalue weighted by molar-refractivity contribution is 0.0950. The number of carbonyl (C=O) groups is 1. The highest BCUT2D eigenvalue weighted by atomic mass is 35.5. The van der Waals surface area contributed by atoms with Gasteiger partial charge in [0, 0.05) is 18.1 Å². The van der Waals surface area contributed by atoms with Crippen molar-refractivity contribution < 1.29 is 14.3 Å². The zero-order valence-electron chi connectivity index (χ0n) is 17.2. The molecule has 0 spiro atoms. The number of fused-ring (bicyclic) bond motifs is 3. The van der Waals surface area contributed by atoms with Crippen LogP contribution in [-0.2, 0) is 13.0 Å². The van der Waals surface area contributed by atoms with Crippen molar-refractivity contribution >= 4 is 23.5 Å². The van der Waals surface area contributed by atoms with Crippen LogP contribution in [0, 0.1) is 6.92 Å². The topological polar surface area (TPSA) is 38.8 Å². The van der Waals surface area contributed by atoms with E-state index in [0.29, 0.717) is 30.3 Å². The van der Waals surface area contributed by atoms with Crippen LogP contribution in [0.25, 0.3) is 6.08 Å². The van der Waals surface area contributed by atoms with E-state index in [2.05, 4.69) is 4.90 Å². The van der Waals surface area contributed by atoms with Crippen molar-refractivity contribution in [3.8, 4) is 11.5 Å². The van der Waals surface area contributed by atoms with E-state index in [1.165, 1.54) is 11.1 Å². The maximum absolute atomic E-state index is 12.9. The summed E-state index contributed by atoms with van der Waals surface area (Å²) < 4.78 is 12.0. The van der Waals surface area contributed by atoms with Crippen LogP contribution in [0.3, 0.4) is 0 Å². The van der Waals surface area contributed by atoms with Gasteiger partial charge in [-0.1, -0.05) is 53.6 Å². The van der Waals surface area contributed by atoms with E-state index in [1.54, 1.807) is 12.1 Å². The van der Waals surface area contributed by atoms with Crippen molar-refractivity contribution in [2.45, 2.75) is 19.9 Å². The number of aryl methyl sites for hydroxylation is 1. The Morgan fingerprint density at radius 3 is 2.58 bits per heavy atom. The molecule has 0 bridgehead atoms. The number of allylic oxidation sites excluding steroid dienone is 1. The quantitative estimate of drug-likeness (QED) is 0.500. The highest BCUT2D eigenvalue weighted by Gasteiger charge is 2.33. The summed E-state index contributed by atoms with van der Waals surface area (Å²) in [6.45, 7) is 4.07. The summed E-state index contributed by atoms with van der Waals surface area (Å²) >= 11 is 5.98. The largest absolute Gasteiger partial charge is 0.478 e. The van der Waals surface area contributed by atoms with E-state index in [-0.39, 0.29) is 5.78 Å². The molecule has 0 aliphatic carbocycles. The molecule has 3 aromatic carbocycles. The Kier molecular flexibility index (Phi) is 5.26. The summed E-state index contributed by atoms with van der Waals surface area (Å²) in [7, 11) is 0. The van der Waals surface area contributed by atoms with Crippen LogP contribution >= 0.6 is 11.6 Å². The van der Waals surface area contributed by atoms with Crippen molar-refractivity contribution in [2.24, 2.45) is 0 Å². The molecular weight excluding hydrogens is 410 g/mol. The van der Waals surface area contributed by atoms with Crippen molar-refractivity contribution in [3.05, 3.63) is 99.3 Å². The van der Waals surface area contributed by atoms with Gasteiger partial charge in [0.2, 0.25) is 5.78 Å². The first-order valence-electron chi connectivity index (χ1n) is 10.3. The third-order valence-electron chi connectivity index (χ3n) is 5.69. The summed E-state index contributed by atoms with van der Waals surface area (Å²) in [6.07, 6.45) is 2.69. The summed E-state index contributed by atoms with van der Waals surface area (Å²) in [5.41, 5.74) is 4.87. The first kappa shape index (κ1) is 19.9. The van der Waals surface area contributed by atoms with Gasteiger partial charge in [0.15, 0.2) is 5.76 Å². The molecule has 0 fully saturated rings. The predicted molar refractivity (Wildman–Crippen MR) is 122 cm³/mol. The molecule has 5 rings (SSSR count). The zero-order valence-corrected chi connectivity index (χ0v) is 18.0. The van der Waals surface area contributed by atoms with Gasteiger partial charge in [0.25, 0.3) is 0 Å². The maximum atomic E-state index is 12.9. The number of nitrogens with zero attached hydrogens (tertiary/aromatic N) is 1. The average molecular weight is 432 g/mol. The Labute approximate surface area is 186 Å². The number of hydrogen-bond acceptors (Lipinski definition) is 4. The van der Waals surface area contributed by atoms with Crippen LogP contribution in [0.15, 0.2) is 66.4 Å². The number of carbonyl (C=O) groups excluding carboxylic acids is 1. The summed E-state index contributed by atoms with van der Waals surface area (Å²) in [6, 6.07) is 19.6. The average Bonchev–Trinajstić information content (AvgIpc) is 3.10. The third-order valence-corrected chi connectivity index (χ3v) is 5.94. The molecule has 5 heteroatoms. The Morgan fingerprint density at radius 2 is 1.81 bits per heavy atom. The SMILES string of the molecule is Cc1ccc(/C=C2\Oc3c(ccc4c3CN(CCc3ccc(Cl)cc3)CO4)C2=O)cc1. The fourth-order valence-electron chi connectivity index (χ4n) is 3.90. The Hall–Kier alpha value is -3.08. The fraction of sp³-hybridized carbons (Fsp3) is 0.192. The molecule has 0 N–H and O–H groups in total. The second kappa shape index (κ2) is 8.22. The monoisotopic (exact) mass is 431 g/mol. The molecule has 0 aromatic heterocycles. The van der Waals surface area contributed by atoms with Crippen LogP contribution in [0.1, 0.15) is 32.6 Å². The normalized spacial score (nSPS) is 16.6. The standard InChI is InChI=1S/C26H22ClNO3/c1-17-2-4-19(5-3-17)14-24-25(29)21-10-11-23-22(26(21)31-24)15-28(16-30-23)13-12-18-6-8-20(27)9-7-18/h2-11,14H,12-13,15-16H2,1H3/b24-14-. The molecule has 4 nitrogen and oxygen atoms in total. The van der Waals surface area contributed by atoms with Gasteiger partial charge in [-0.25, -0.2) is 0 Å². The summed E-state index contributed by atoms with van der Waals surface area (Å²) in [4.78, 5) is 15.1. The molecule has 3 aromatic rings. The first-order valence-corrected chi connectivity index (χ1v) is 10.7. The van der Waals surface area contributed by atoms with Crippen LogP contribution in [0.2, 0.25) is 5.02 Å². The van der Waals surface area contributed by atoms with Crippen LogP contribution in [-0.4, -0.2) is 24.0 Å². The van der Waals surface area contributed by atoms with E-state index in [1.807, 2.05) is 61.5 Å². The third kappa shape index (κ3) is 4.09. The second-order valence-corrected chi connectivity index (χ2v) is 8.41. The lowest BCUT2D eigenvalue weighted by Gasteiger charge is -2.29. The van der Waals surface area contributed by atoms with E-state index in [9.17, 15) is 4.79 Å². The van der Waals surface area contributed by atoms with Crippen molar-refractivity contribution in [3.63, 3.8) is 0 Å². The number of rotatable bonds is 4. The van der Waals surface area contributed by atoms with Gasteiger partial charge < -0.3 is 9.47 Å². The van der Waals surface area contributed by atoms with Crippen LogP contribution in [0.5, 0.6) is 11.5 Å². The molecule has 0 unspecified atom stereocenters. The molecule has 2 aliphatic heterocycles. The number of Topliss-reactive ketones (excluding diaryl/α,β-unsaturated/α-hetero) is 1. The molecule has 0 amide bonds. The lowest BCUT2D eigenvalue weighted by atomic mass is 10.0. The highest BCUT2D eigenvalue weighted by molar-refractivity contribution is 6.30. The minimum atomic E-state index is -0.0864. The minimum absolute atomic E-state index is 0.0864. The Balaban J connectivity index is 1.35. The fourth-order valence-corrected chi connectivity index (χ4v) is 4.03. The predicted octanol–water partition coefficient (Wildman–Crippen LogP) is 5.66. The Bertz CT molecular complexity index is 1170. The van der Waals surface area contributed by atoms with E-state index in [4.69, 9.17) is 21.1 Å². The zero-order chi connectivity index (χ0) is 21.4. The van der Waals surface area contributed by atoms with E-state index in [0.717, 1.165) is 34.9 Å². The maximum Gasteiger partial charge on any atom is 0.231 e. The van der Waals surface area contributed by atoms with E-state index < -0.39 is 0 Å². The number of benzene rings is 3. The number of halogens is 1. The number of ether oxygens (including phenoxy) is 2. The molecule has 0 saturated carbocycles. The minimum Gasteiger partial charge on any atom is -0.478 e. The molecular formula is C26H22ClNO3. The first-order chi connectivity index (χ1) is 15.1. The van der Waals surface area contributed by atoms with Crippen molar-refractivity contribution in [2.75, 3.05) is 13.3 Å². The lowest BCUT2D eigenvalue weighted by Crippen LogP contribution is -2.33. The number of hydrogen-bond donors (Lipinski definition) is 0. The number of ketones is 1. The molecule has 0 saturated heterocycles. The van der Waals surface area contributed by atoms with Gasteiger partial charge >= 0.3 is 0 Å². The van der Waals surface area contributed by atoms with Crippen molar-refractivity contribution in [1.82, 2.24) is 4.90 Å². The van der Waals surface area contributed by atoms with Gasteiger partial charge in [-0.15, -0.1) is 0 Å². The van der Waals surface area contributed by atoms with E-state index >= 15 is 0 Å². The molecule has 2 heterocycles.